The molecule has 0 fully saturated rings. The molecule has 0 aliphatic heterocycles. The van der Waals surface area contributed by atoms with Gasteiger partial charge in [0.1, 0.15) is 5.76 Å². The van der Waals surface area contributed by atoms with E-state index in [1.165, 1.54) is 5.01 Å². The van der Waals surface area contributed by atoms with Crippen LogP contribution < -0.4 is 10.6 Å². The Morgan fingerprint density at radius 1 is 1.45 bits per heavy atom. The van der Waals surface area contributed by atoms with Gasteiger partial charge in [-0.25, -0.2) is 4.98 Å². The molecule has 5 nitrogen and oxygen atoms in total. The molecular formula is C14H20N4OS. The van der Waals surface area contributed by atoms with Crippen LogP contribution in [-0.4, -0.2) is 24.5 Å². The predicted octanol–water partition coefficient (Wildman–Crippen LogP) is 2.21. The van der Waals surface area contributed by atoms with E-state index in [0.29, 0.717) is 6.54 Å². The average Bonchev–Trinajstić information content (AvgIpc) is 3.13. The Morgan fingerprint density at radius 2 is 2.35 bits per heavy atom. The summed E-state index contributed by atoms with van der Waals surface area (Å²) < 4.78 is 5.28. The lowest BCUT2D eigenvalue weighted by Gasteiger charge is -2.10. The first-order chi connectivity index (χ1) is 9.81. The standard InChI is InChI=1S/C14H20N4OS/c1-3-13-18-11(10-20-13)9-17-14(15-2)16-7-6-12-5-4-8-19-12/h4-5,8,10H,3,6-7,9H2,1-2H3,(H2,15,16,17). The van der Waals surface area contributed by atoms with Crippen molar-refractivity contribution in [1.29, 1.82) is 0 Å². The van der Waals surface area contributed by atoms with Gasteiger partial charge in [-0.1, -0.05) is 6.92 Å². The van der Waals surface area contributed by atoms with Gasteiger partial charge in [0.25, 0.3) is 0 Å². The zero-order valence-corrected chi connectivity index (χ0v) is 12.7. The summed E-state index contributed by atoms with van der Waals surface area (Å²) >= 11 is 1.70. The molecule has 2 N–H and O–H groups in total. The Bertz CT molecular complexity index is 533. The van der Waals surface area contributed by atoms with Crippen LogP contribution in [0.1, 0.15) is 23.4 Å². The molecule has 2 aromatic heterocycles. The van der Waals surface area contributed by atoms with Crippen molar-refractivity contribution in [3.63, 3.8) is 0 Å². The molecule has 108 valence electrons. The van der Waals surface area contributed by atoms with Gasteiger partial charge in [0.15, 0.2) is 5.96 Å². The van der Waals surface area contributed by atoms with Crippen LogP contribution in [0.2, 0.25) is 0 Å². The molecule has 0 spiro atoms. The van der Waals surface area contributed by atoms with Crippen molar-refractivity contribution >= 4 is 17.3 Å². The van der Waals surface area contributed by atoms with Gasteiger partial charge >= 0.3 is 0 Å². The normalized spacial score (nSPS) is 11.6. The average molecular weight is 292 g/mol. The number of hydrogen-bond acceptors (Lipinski definition) is 4. The highest BCUT2D eigenvalue weighted by Crippen LogP contribution is 2.09. The molecule has 0 amide bonds. The number of aliphatic imine (C=N–C) groups is 1. The molecule has 0 radical (unpaired) electrons. The minimum absolute atomic E-state index is 0.691. The summed E-state index contributed by atoms with van der Waals surface area (Å²) in [5, 5.41) is 9.76. The van der Waals surface area contributed by atoms with Crippen LogP contribution in [0.15, 0.2) is 33.2 Å². The van der Waals surface area contributed by atoms with E-state index in [9.17, 15) is 0 Å². The van der Waals surface area contributed by atoms with E-state index in [1.807, 2.05) is 12.1 Å². The molecule has 0 bridgehead atoms. The fourth-order valence-corrected chi connectivity index (χ4v) is 2.49. The van der Waals surface area contributed by atoms with Gasteiger partial charge in [-0.05, 0) is 18.6 Å². The van der Waals surface area contributed by atoms with E-state index >= 15 is 0 Å². The van der Waals surface area contributed by atoms with Crippen molar-refractivity contribution in [2.45, 2.75) is 26.3 Å². The van der Waals surface area contributed by atoms with Crippen molar-refractivity contribution in [1.82, 2.24) is 15.6 Å². The summed E-state index contributed by atoms with van der Waals surface area (Å²) in [5.74, 6) is 1.75. The molecule has 20 heavy (non-hydrogen) atoms. The maximum absolute atomic E-state index is 5.28. The summed E-state index contributed by atoms with van der Waals surface area (Å²) in [5.41, 5.74) is 1.06. The molecule has 2 aromatic rings. The summed E-state index contributed by atoms with van der Waals surface area (Å²) in [7, 11) is 1.76. The maximum Gasteiger partial charge on any atom is 0.191 e. The Hall–Kier alpha value is -1.82. The SMILES string of the molecule is CCc1nc(CNC(=NC)NCCc2ccco2)cs1. The Labute approximate surface area is 123 Å². The largest absolute Gasteiger partial charge is 0.469 e. The van der Waals surface area contributed by atoms with Gasteiger partial charge in [-0.2, -0.15) is 0 Å². The van der Waals surface area contributed by atoms with E-state index < -0.39 is 0 Å². The highest BCUT2D eigenvalue weighted by atomic mass is 32.1. The quantitative estimate of drug-likeness (QED) is 0.633. The molecule has 0 atom stereocenters. The summed E-state index contributed by atoms with van der Waals surface area (Å²) in [6, 6.07) is 3.87. The number of rotatable bonds is 6. The number of hydrogen-bond donors (Lipinski definition) is 2. The fraction of sp³-hybridized carbons (Fsp3) is 0.429. The van der Waals surface area contributed by atoms with Crippen LogP contribution in [-0.2, 0) is 19.4 Å². The van der Waals surface area contributed by atoms with Crippen LogP contribution in [0.3, 0.4) is 0 Å². The lowest BCUT2D eigenvalue weighted by molar-refractivity contribution is 0.507. The van der Waals surface area contributed by atoms with Crippen molar-refractivity contribution in [3.05, 3.63) is 40.2 Å². The maximum atomic E-state index is 5.28. The summed E-state index contributed by atoms with van der Waals surface area (Å²) in [6.45, 7) is 3.59. The topological polar surface area (TPSA) is 62.5 Å². The molecule has 0 saturated carbocycles. The van der Waals surface area contributed by atoms with Gasteiger partial charge in [-0.3, -0.25) is 4.99 Å². The lowest BCUT2D eigenvalue weighted by Crippen LogP contribution is -2.37. The first kappa shape index (κ1) is 14.6. The van der Waals surface area contributed by atoms with Gasteiger partial charge in [0.05, 0.1) is 23.5 Å². The van der Waals surface area contributed by atoms with Crippen molar-refractivity contribution in [2.24, 2.45) is 4.99 Å². The van der Waals surface area contributed by atoms with Crippen LogP contribution in [0.25, 0.3) is 0 Å². The number of guanidine groups is 1. The zero-order chi connectivity index (χ0) is 14.2. The molecule has 6 heteroatoms. The lowest BCUT2D eigenvalue weighted by atomic mass is 10.3. The third-order valence-corrected chi connectivity index (χ3v) is 3.85. The van der Waals surface area contributed by atoms with E-state index in [4.69, 9.17) is 4.42 Å². The molecule has 0 aliphatic carbocycles. The number of aryl methyl sites for hydroxylation is 1. The van der Waals surface area contributed by atoms with Crippen molar-refractivity contribution < 1.29 is 4.42 Å². The van der Waals surface area contributed by atoms with E-state index in [1.54, 1.807) is 24.6 Å². The molecule has 0 aromatic carbocycles. The smallest absolute Gasteiger partial charge is 0.191 e. The second-order valence-electron chi connectivity index (χ2n) is 4.27. The Kier molecular flexibility index (Phi) is 5.61. The molecule has 2 heterocycles. The number of nitrogens with one attached hydrogen (secondary N) is 2. The first-order valence-electron chi connectivity index (χ1n) is 6.72. The van der Waals surface area contributed by atoms with E-state index in [0.717, 1.165) is 36.8 Å². The van der Waals surface area contributed by atoms with Crippen LogP contribution >= 0.6 is 11.3 Å². The minimum atomic E-state index is 0.691. The highest BCUT2D eigenvalue weighted by Gasteiger charge is 2.02. The van der Waals surface area contributed by atoms with Gasteiger partial charge in [-0.15, -0.1) is 11.3 Å². The number of thiazole rings is 1. The molecule has 0 aliphatic rings. The van der Waals surface area contributed by atoms with Gasteiger partial charge in [0, 0.05) is 25.4 Å². The third kappa shape index (κ3) is 4.38. The minimum Gasteiger partial charge on any atom is -0.469 e. The van der Waals surface area contributed by atoms with Gasteiger partial charge in [0.2, 0.25) is 0 Å². The molecule has 0 unspecified atom stereocenters. The zero-order valence-electron chi connectivity index (χ0n) is 11.8. The second kappa shape index (κ2) is 7.69. The third-order valence-electron chi connectivity index (χ3n) is 2.81. The molecule has 2 rings (SSSR count). The van der Waals surface area contributed by atoms with Crippen LogP contribution in [0.4, 0.5) is 0 Å². The first-order valence-corrected chi connectivity index (χ1v) is 7.60. The highest BCUT2D eigenvalue weighted by molar-refractivity contribution is 7.09. The number of furan rings is 1. The predicted molar refractivity (Wildman–Crippen MR) is 82.1 cm³/mol. The second-order valence-corrected chi connectivity index (χ2v) is 5.21. The van der Waals surface area contributed by atoms with E-state index in [2.05, 4.69) is 32.9 Å². The van der Waals surface area contributed by atoms with Crippen molar-refractivity contribution in [2.75, 3.05) is 13.6 Å². The van der Waals surface area contributed by atoms with Crippen LogP contribution in [0, 0.1) is 0 Å². The van der Waals surface area contributed by atoms with Crippen LogP contribution in [0.5, 0.6) is 0 Å². The summed E-state index contributed by atoms with van der Waals surface area (Å²) in [6.07, 6.45) is 3.52. The Balaban J connectivity index is 1.72. The molecular weight excluding hydrogens is 272 g/mol. The monoisotopic (exact) mass is 292 g/mol. The van der Waals surface area contributed by atoms with Crippen molar-refractivity contribution in [3.8, 4) is 0 Å². The number of nitrogens with zero attached hydrogens (tertiary/aromatic N) is 2. The Morgan fingerprint density at radius 3 is 3.00 bits per heavy atom. The summed E-state index contributed by atoms with van der Waals surface area (Å²) in [4.78, 5) is 8.70. The van der Waals surface area contributed by atoms with E-state index in [-0.39, 0.29) is 0 Å². The fourth-order valence-electron chi connectivity index (χ4n) is 1.75. The number of aromatic nitrogens is 1. The molecule has 0 saturated heterocycles. The van der Waals surface area contributed by atoms with Gasteiger partial charge < -0.3 is 15.1 Å².